The summed E-state index contributed by atoms with van der Waals surface area (Å²) in [5, 5.41) is 36.7. The van der Waals surface area contributed by atoms with Gasteiger partial charge in [0.2, 0.25) is 0 Å². The molecule has 0 aromatic heterocycles. The molecule has 2 atom stereocenters. The third-order valence-corrected chi connectivity index (χ3v) is 3.80. The lowest BCUT2D eigenvalue weighted by Gasteiger charge is -2.26. The van der Waals surface area contributed by atoms with Crippen molar-refractivity contribution in [1.29, 1.82) is 0 Å². The number of nitrogens with one attached hydrogen (secondary N) is 2. The number of carbonyl (C=O) groups is 4. The topological polar surface area (TPSA) is 173 Å². The summed E-state index contributed by atoms with van der Waals surface area (Å²) in [6.45, 7) is 4.46. The second-order valence-corrected chi connectivity index (χ2v) is 5.66. The Morgan fingerprint density at radius 3 is 2.00 bits per heavy atom. The smallest absolute Gasteiger partial charge is 0.414 e. The molecule has 0 radical (unpaired) electrons. The number of fused-ring (bicyclic) bond motifs is 3. The van der Waals surface area contributed by atoms with Gasteiger partial charge in [-0.2, -0.15) is 0 Å². The third-order valence-electron chi connectivity index (χ3n) is 3.80. The van der Waals surface area contributed by atoms with Crippen molar-refractivity contribution in [3.8, 4) is 0 Å². The standard InChI is InChI=1S/C12H16N2.2C2H2O4/c1-8-2-3-11-9(6-8)10-7-13-5-4-12(10)14-11;2*3-1(4)2(5)6/h2-3,6,10,12-14H,4-5,7H2,1H3;2*(H,3,4)(H,5,6). The molecule has 2 unspecified atom stereocenters. The van der Waals surface area contributed by atoms with Gasteiger partial charge in [0, 0.05) is 24.2 Å². The number of piperidine rings is 1. The molecule has 1 aromatic carbocycles. The van der Waals surface area contributed by atoms with Crippen LogP contribution in [-0.4, -0.2) is 63.4 Å². The van der Waals surface area contributed by atoms with Crippen LogP contribution in [-0.2, 0) is 19.2 Å². The van der Waals surface area contributed by atoms with Crippen molar-refractivity contribution in [1.82, 2.24) is 5.32 Å². The van der Waals surface area contributed by atoms with Gasteiger partial charge < -0.3 is 31.1 Å². The van der Waals surface area contributed by atoms with E-state index in [1.807, 2.05) is 0 Å². The number of carboxylic acids is 4. The van der Waals surface area contributed by atoms with Gasteiger partial charge in [-0.05, 0) is 31.5 Å². The largest absolute Gasteiger partial charge is 0.473 e. The molecular formula is C16H20N2O8. The summed E-state index contributed by atoms with van der Waals surface area (Å²) < 4.78 is 0. The summed E-state index contributed by atoms with van der Waals surface area (Å²) in [5.74, 6) is -6.60. The van der Waals surface area contributed by atoms with Crippen molar-refractivity contribution in [2.75, 3.05) is 18.4 Å². The molecule has 3 rings (SSSR count). The van der Waals surface area contributed by atoms with Gasteiger partial charge >= 0.3 is 23.9 Å². The highest BCUT2D eigenvalue weighted by molar-refractivity contribution is 6.27. The average molecular weight is 368 g/mol. The summed E-state index contributed by atoms with van der Waals surface area (Å²) in [6, 6.07) is 7.42. The zero-order valence-corrected chi connectivity index (χ0v) is 13.9. The Bertz CT molecular complexity index is 655. The van der Waals surface area contributed by atoms with Crippen molar-refractivity contribution < 1.29 is 39.6 Å². The Balaban J connectivity index is 0.000000238. The van der Waals surface area contributed by atoms with Gasteiger partial charge in [0.1, 0.15) is 0 Å². The van der Waals surface area contributed by atoms with Crippen LogP contribution in [0.1, 0.15) is 23.5 Å². The number of benzene rings is 1. The van der Waals surface area contributed by atoms with Crippen molar-refractivity contribution in [3.05, 3.63) is 29.3 Å². The minimum atomic E-state index is -1.82. The first kappa shape index (κ1) is 20.9. The van der Waals surface area contributed by atoms with Gasteiger partial charge in [-0.15, -0.1) is 0 Å². The van der Waals surface area contributed by atoms with Crippen LogP contribution in [0.3, 0.4) is 0 Å². The first-order valence-corrected chi connectivity index (χ1v) is 7.63. The lowest BCUT2D eigenvalue weighted by molar-refractivity contribution is -0.159. The summed E-state index contributed by atoms with van der Waals surface area (Å²) in [4.78, 5) is 36.4. The molecule has 2 heterocycles. The van der Waals surface area contributed by atoms with E-state index in [0.29, 0.717) is 12.0 Å². The van der Waals surface area contributed by atoms with Crippen LogP contribution in [0, 0.1) is 6.92 Å². The first-order chi connectivity index (χ1) is 12.1. The lowest BCUT2D eigenvalue weighted by Crippen LogP contribution is -2.38. The normalized spacial score (nSPS) is 19.1. The van der Waals surface area contributed by atoms with Crippen LogP contribution >= 0.6 is 0 Å². The van der Waals surface area contributed by atoms with Gasteiger partial charge in [0.05, 0.1) is 0 Å². The SMILES string of the molecule is Cc1ccc2c(c1)C1CNCCC1N2.O=C(O)C(=O)O.O=C(O)C(=O)O. The van der Waals surface area contributed by atoms with E-state index >= 15 is 0 Å². The van der Waals surface area contributed by atoms with Gasteiger partial charge in [-0.3, -0.25) is 0 Å². The number of hydrogen-bond donors (Lipinski definition) is 6. The van der Waals surface area contributed by atoms with Gasteiger partial charge in [0.25, 0.3) is 0 Å². The van der Waals surface area contributed by atoms with E-state index in [2.05, 4.69) is 35.8 Å². The van der Waals surface area contributed by atoms with Crippen molar-refractivity contribution in [2.45, 2.75) is 25.3 Å². The number of anilines is 1. The number of aryl methyl sites for hydroxylation is 1. The van der Waals surface area contributed by atoms with Gasteiger partial charge in [-0.25, -0.2) is 19.2 Å². The van der Waals surface area contributed by atoms with E-state index in [1.54, 1.807) is 0 Å². The molecule has 1 aromatic rings. The molecule has 0 bridgehead atoms. The Morgan fingerprint density at radius 2 is 1.50 bits per heavy atom. The summed E-state index contributed by atoms with van der Waals surface area (Å²) in [5.41, 5.74) is 4.24. The highest BCUT2D eigenvalue weighted by Gasteiger charge is 2.33. The average Bonchev–Trinajstić information content (AvgIpc) is 2.94. The van der Waals surface area contributed by atoms with E-state index < -0.39 is 23.9 Å². The third kappa shape index (κ3) is 6.06. The Labute approximate surface area is 148 Å². The highest BCUT2D eigenvalue weighted by atomic mass is 16.4. The van der Waals surface area contributed by atoms with E-state index in [-0.39, 0.29) is 0 Å². The number of hydrogen-bond acceptors (Lipinski definition) is 6. The summed E-state index contributed by atoms with van der Waals surface area (Å²) in [6.07, 6.45) is 1.25. The van der Waals surface area contributed by atoms with Crippen LogP contribution in [0.15, 0.2) is 18.2 Å². The molecule has 2 aliphatic rings. The van der Waals surface area contributed by atoms with Gasteiger partial charge in [0.15, 0.2) is 0 Å². The molecule has 2 aliphatic heterocycles. The van der Waals surface area contributed by atoms with E-state index in [0.717, 1.165) is 13.1 Å². The molecule has 0 spiro atoms. The first-order valence-electron chi connectivity index (χ1n) is 7.63. The molecule has 0 saturated carbocycles. The maximum absolute atomic E-state index is 9.10. The molecule has 26 heavy (non-hydrogen) atoms. The van der Waals surface area contributed by atoms with Crippen molar-refractivity contribution in [2.24, 2.45) is 0 Å². The molecular weight excluding hydrogens is 348 g/mol. The van der Waals surface area contributed by atoms with Crippen LogP contribution in [0.25, 0.3) is 0 Å². The van der Waals surface area contributed by atoms with Crippen LogP contribution < -0.4 is 10.6 Å². The minimum Gasteiger partial charge on any atom is -0.473 e. The number of rotatable bonds is 0. The molecule has 0 amide bonds. The molecule has 1 saturated heterocycles. The van der Waals surface area contributed by atoms with Crippen molar-refractivity contribution in [3.63, 3.8) is 0 Å². The fourth-order valence-corrected chi connectivity index (χ4v) is 2.68. The molecule has 0 aliphatic carbocycles. The fourth-order valence-electron chi connectivity index (χ4n) is 2.68. The Morgan fingerprint density at radius 1 is 0.962 bits per heavy atom. The molecule has 142 valence electrons. The van der Waals surface area contributed by atoms with Crippen molar-refractivity contribution >= 4 is 29.6 Å². The summed E-state index contributed by atoms with van der Waals surface area (Å²) in [7, 11) is 0. The second-order valence-electron chi connectivity index (χ2n) is 5.66. The second kappa shape index (κ2) is 9.37. The quantitative estimate of drug-likeness (QED) is 0.347. The zero-order chi connectivity index (χ0) is 19.9. The highest BCUT2D eigenvalue weighted by Crippen LogP contribution is 2.38. The fraction of sp³-hybridized carbons (Fsp3) is 0.375. The maximum atomic E-state index is 9.10. The molecule has 10 heteroatoms. The maximum Gasteiger partial charge on any atom is 0.414 e. The van der Waals surface area contributed by atoms with Gasteiger partial charge in [-0.1, -0.05) is 17.7 Å². The number of aliphatic carboxylic acids is 4. The predicted molar refractivity (Wildman–Crippen MR) is 89.4 cm³/mol. The molecule has 6 N–H and O–H groups in total. The molecule has 1 fully saturated rings. The lowest BCUT2D eigenvalue weighted by atomic mass is 9.90. The van der Waals surface area contributed by atoms with Crippen LogP contribution in [0.2, 0.25) is 0 Å². The number of carboxylic acid groups (broad SMARTS) is 4. The Kier molecular flexibility index (Phi) is 7.53. The zero-order valence-electron chi connectivity index (χ0n) is 13.9. The van der Waals surface area contributed by atoms with E-state index in [9.17, 15) is 0 Å². The Hall–Kier alpha value is -3.14. The van der Waals surface area contributed by atoms with E-state index in [1.165, 1.54) is 23.2 Å². The van der Waals surface area contributed by atoms with Crippen LogP contribution in [0.4, 0.5) is 5.69 Å². The molecule has 10 nitrogen and oxygen atoms in total. The van der Waals surface area contributed by atoms with Crippen LogP contribution in [0.5, 0.6) is 0 Å². The van der Waals surface area contributed by atoms with E-state index in [4.69, 9.17) is 39.6 Å². The summed E-state index contributed by atoms with van der Waals surface area (Å²) >= 11 is 0. The monoisotopic (exact) mass is 368 g/mol. The predicted octanol–water partition coefficient (Wildman–Crippen LogP) is 0.177. The minimum absolute atomic E-state index is 0.674.